The number of nitrogens with one attached hydrogen (secondary N) is 1. The standard InChI is InChI=1S/C24H17N3OS2/c1-15-8-10-16(11-9-15)20-13-18(17-5-2-3-6-19(17)25-20)23(28)27-24-26-21(14-30-24)22-7-4-12-29-22/h2-14H,1H3,(H,26,27,28). The molecule has 1 N–H and O–H groups in total. The third kappa shape index (κ3) is 3.63. The van der Waals surface area contributed by atoms with E-state index in [9.17, 15) is 4.79 Å². The number of pyridine rings is 1. The minimum absolute atomic E-state index is 0.186. The number of carbonyl (C=O) groups excluding carboxylic acids is 1. The van der Waals surface area contributed by atoms with Gasteiger partial charge in [0.05, 0.1) is 27.3 Å². The van der Waals surface area contributed by atoms with Crippen LogP contribution in [0.15, 0.2) is 77.5 Å². The molecular weight excluding hydrogens is 410 g/mol. The van der Waals surface area contributed by atoms with Crippen LogP contribution in [0, 0.1) is 6.92 Å². The maximum atomic E-state index is 13.2. The fourth-order valence-electron chi connectivity index (χ4n) is 3.27. The van der Waals surface area contributed by atoms with Gasteiger partial charge in [-0.1, -0.05) is 54.1 Å². The van der Waals surface area contributed by atoms with Crippen LogP contribution in [0.5, 0.6) is 0 Å². The van der Waals surface area contributed by atoms with Crippen molar-refractivity contribution < 1.29 is 4.79 Å². The first-order valence-electron chi connectivity index (χ1n) is 9.45. The van der Waals surface area contributed by atoms with Crippen LogP contribution < -0.4 is 5.32 Å². The normalized spacial score (nSPS) is 11.0. The van der Waals surface area contributed by atoms with Crippen LogP contribution >= 0.6 is 22.7 Å². The van der Waals surface area contributed by atoms with Crippen molar-refractivity contribution in [2.45, 2.75) is 6.92 Å². The van der Waals surface area contributed by atoms with E-state index < -0.39 is 0 Å². The van der Waals surface area contributed by atoms with Gasteiger partial charge < -0.3 is 0 Å². The minimum atomic E-state index is -0.186. The molecule has 30 heavy (non-hydrogen) atoms. The highest BCUT2D eigenvalue weighted by atomic mass is 32.1. The second-order valence-corrected chi connectivity index (χ2v) is 8.71. The number of para-hydroxylation sites is 1. The van der Waals surface area contributed by atoms with E-state index in [0.717, 1.165) is 32.7 Å². The third-order valence-electron chi connectivity index (χ3n) is 4.81. The number of aryl methyl sites for hydroxylation is 1. The fraction of sp³-hybridized carbons (Fsp3) is 0.0417. The van der Waals surface area contributed by atoms with Gasteiger partial charge in [-0.2, -0.15) is 0 Å². The first-order chi connectivity index (χ1) is 14.7. The van der Waals surface area contributed by atoms with Crippen LogP contribution in [-0.2, 0) is 0 Å². The Bertz CT molecular complexity index is 1340. The van der Waals surface area contributed by atoms with E-state index in [0.29, 0.717) is 10.7 Å². The highest BCUT2D eigenvalue weighted by Crippen LogP contribution is 2.30. The number of thiophene rings is 1. The van der Waals surface area contributed by atoms with Crippen LogP contribution in [0.2, 0.25) is 0 Å². The van der Waals surface area contributed by atoms with Gasteiger partial charge in [0.25, 0.3) is 5.91 Å². The number of nitrogens with zero attached hydrogens (tertiary/aromatic N) is 2. The summed E-state index contributed by atoms with van der Waals surface area (Å²) in [5.41, 5.74) is 5.20. The zero-order valence-corrected chi connectivity index (χ0v) is 17.8. The maximum Gasteiger partial charge on any atom is 0.258 e. The van der Waals surface area contributed by atoms with E-state index in [1.165, 1.54) is 16.9 Å². The summed E-state index contributed by atoms with van der Waals surface area (Å²) < 4.78 is 0. The predicted molar refractivity (Wildman–Crippen MR) is 125 cm³/mol. The van der Waals surface area contributed by atoms with Gasteiger partial charge in [-0.05, 0) is 30.5 Å². The van der Waals surface area contributed by atoms with Crippen molar-refractivity contribution >= 4 is 44.6 Å². The molecule has 0 bridgehead atoms. The monoisotopic (exact) mass is 427 g/mol. The lowest BCUT2D eigenvalue weighted by atomic mass is 10.0. The minimum Gasteiger partial charge on any atom is -0.298 e. The van der Waals surface area contributed by atoms with Crippen molar-refractivity contribution in [2.24, 2.45) is 0 Å². The highest BCUT2D eigenvalue weighted by Gasteiger charge is 2.16. The number of rotatable bonds is 4. The van der Waals surface area contributed by atoms with Crippen molar-refractivity contribution in [3.63, 3.8) is 0 Å². The Hall–Kier alpha value is -3.35. The Morgan fingerprint density at radius 1 is 0.900 bits per heavy atom. The molecule has 0 aliphatic rings. The molecule has 0 radical (unpaired) electrons. The molecule has 0 saturated heterocycles. The number of aromatic nitrogens is 2. The first-order valence-corrected chi connectivity index (χ1v) is 11.2. The molecule has 0 unspecified atom stereocenters. The Labute approximate surface area is 181 Å². The molecule has 5 rings (SSSR count). The number of anilines is 1. The summed E-state index contributed by atoms with van der Waals surface area (Å²) in [6.07, 6.45) is 0. The molecule has 1 amide bonds. The summed E-state index contributed by atoms with van der Waals surface area (Å²) in [4.78, 5) is 23.6. The molecule has 0 spiro atoms. The summed E-state index contributed by atoms with van der Waals surface area (Å²) in [6.45, 7) is 2.05. The molecule has 4 nitrogen and oxygen atoms in total. The summed E-state index contributed by atoms with van der Waals surface area (Å²) >= 11 is 3.06. The molecule has 0 aliphatic carbocycles. The SMILES string of the molecule is Cc1ccc(-c2cc(C(=O)Nc3nc(-c4cccs4)cs3)c3ccccc3n2)cc1. The summed E-state index contributed by atoms with van der Waals surface area (Å²) in [6, 6.07) is 21.7. The van der Waals surface area contributed by atoms with Crippen molar-refractivity contribution in [1.82, 2.24) is 9.97 Å². The van der Waals surface area contributed by atoms with Crippen molar-refractivity contribution in [1.29, 1.82) is 0 Å². The van der Waals surface area contributed by atoms with Gasteiger partial charge in [0.2, 0.25) is 0 Å². The Kier molecular flexibility index (Phi) is 4.86. The smallest absolute Gasteiger partial charge is 0.258 e. The first kappa shape index (κ1) is 18.7. The van der Waals surface area contributed by atoms with Crippen molar-refractivity contribution in [3.05, 3.63) is 88.6 Å². The van der Waals surface area contributed by atoms with Gasteiger partial charge in [-0.15, -0.1) is 22.7 Å². The van der Waals surface area contributed by atoms with Crippen LogP contribution in [0.25, 0.3) is 32.7 Å². The number of benzene rings is 2. The lowest BCUT2D eigenvalue weighted by Crippen LogP contribution is -2.13. The summed E-state index contributed by atoms with van der Waals surface area (Å²) in [7, 11) is 0. The largest absolute Gasteiger partial charge is 0.298 e. The summed E-state index contributed by atoms with van der Waals surface area (Å²) in [5, 5.41) is 8.35. The van der Waals surface area contributed by atoms with Crippen LogP contribution in [0.3, 0.4) is 0 Å². The molecule has 0 fully saturated rings. The van der Waals surface area contributed by atoms with E-state index in [1.54, 1.807) is 11.3 Å². The number of thiazole rings is 1. The number of carbonyl (C=O) groups is 1. The molecule has 2 aromatic carbocycles. The van der Waals surface area contributed by atoms with Crippen molar-refractivity contribution in [2.75, 3.05) is 5.32 Å². The van der Waals surface area contributed by atoms with Crippen LogP contribution in [-0.4, -0.2) is 15.9 Å². The molecule has 3 aromatic heterocycles. The second-order valence-electron chi connectivity index (χ2n) is 6.91. The number of fused-ring (bicyclic) bond motifs is 1. The maximum absolute atomic E-state index is 13.2. The second kappa shape index (κ2) is 7.82. The van der Waals surface area contributed by atoms with E-state index in [-0.39, 0.29) is 5.91 Å². The average Bonchev–Trinajstić information content (AvgIpc) is 3.45. The van der Waals surface area contributed by atoms with Gasteiger partial charge in [-0.3, -0.25) is 10.1 Å². The topological polar surface area (TPSA) is 54.9 Å². The van der Waals surface area contributed by atoms with Gasteiger partial charge >= 0.3 is 0 Å². The average molecular weight is 428 g/mol. The molecule has 5 aromatic rings. The van der Waals surface area contributed by atoms with E-state index >= 15 is 0 Å². The Morgan fingerprint density at radius 2 is 1.73 bits per heavy atom. The van der Waals surface area contributed by atoms with Crippen molar-refractivity contribution in [3.8, 4) is 21.8 Å². The molecular formula is C24H17N3OS2. The number of hydrogen-bond acceptors (Lipinski definition) is 5. The molecule has 0 saturated carbocycles. The molecule has 0 atom stereocenters. The predicted octanol–water partition coefficient (Wildman–Crippen LogP) is 6.65. The van der Waals surface area contributed by atoms with E-state index in [1.807, 2.05) is 77.5 Å². The molecule has 146 valence electrons. The van der Waals surface area contributed by atoms with Gasteiger partial charge in [0.15, 0.2) is 5.13 Å². The molecule has 3 heterocycles. The Balaban J connectivity index is 1.52. The van der Waals surface area contributed by atoms with E-state index in [4.69, 9.17) is 4.98 Å². The zero-order chi connectivity index (χ0) is 20.5. The fourth-order valence-corrected chi connectivity index (χ4v) is 4.73. The summed E-state index contributed by atoms with van der Waals surface area (Å²) in [5.74, 6) is -0.186. The van der Waals surface area contributed by atoms with Gasteiger partial charge in [0, 0.05) is 16.3 Å². The number of hydrogen-bond donors (Lipinski definition) is 1. The zero-order valence-electron chi connectivity index (χ0n) is 16.1. The van der Waals surface area contributed by atoms with Crippen LogP contribution in [0.1, 0.15) is 15.9 Å². The molecule has 0 aliphatic heterocycles. The highest BCUT2D eigenvalue weighted by molar-refractivity contribution is 7.16. The molecule has 6 heteroatoms. The quantitative estimate of drug-likeness (QED) is 0.349. The third-order valence-corrected chi connectivity index (χ3v) is 6.46. The Morgan fingerprint density at radius 3 is 2.53 bits per heavy atom. The van der Waals surface area contributed by atoms with E-state index in [2.05, 4.69) is 17.2 Å². The number of amides is 1. The van der Waals surface area contributed by atoms with Crippen LogP contribution in [0.4, 0.5) is 5.13 Å². The van der Waals surface area contributed by atoms with Gasteiger partial charge in [-0.25, -0.2) is 9.97 Å². The lowest BCUT2D eigenvalue weighted by molar-refractivity contribution is 0.102. The lowest BCUT2D eigenvalue weighted by Gasteiger charge is -2.10. The van der Waals surface area contributed by atoms with Gasteiger partial charge in [0.1, 0.15) is 0 Å².